The largest absolute Gasteiger partial charge is 0.481 e. The van der Waals surface area contributed by atoms with Crippen molar-refractivity contribution in [2.75, 3.05) is 26.4 Å². The normalized spacial score (nSPS) is 9.25. The summed E-state index contributed by atoms with van der Waals surface area (Å²) in [6, 6.07) is 0. The quantitative estimate of drug-likeness (QED) is 0.438. The number of carboxylic acids is 1. The van der Waals surface area contributed by atoms with Crippen LogP contribution in [0, 0.1) is 12.3 Å². The standard InChI is InChI=1S/C8H12O4/c1-2-4-11-6-7-12-5-3-8(9)10/h1H,3-7H2,(H,9,10). The molecular formula is C8H12O4. The minimum atomic E-state index is -0.862. The van der Waals surface area contributed by atoms with Crippen LogP contribution in [0.5, 0.6) is 0 Å². The van der Waals surface area contributed by atoms with Gasteiger partial charge in [-0.2, -0.15) is 0 Å². The highest BCUT2D eigenvalue weighted by molar-refractivity contribution is 5.66. The van der Waals surface area contributed by atoms with Gasteiger partial charge in [0.05, 0.1) is 26.2 Å². The van der Waals surface area contributed by atoms with Crippen molar-refractivity contribution in [3.05, 3.63) is 0 Å². The van der Waals surface area contributed by atoms with E-state index >= 15 is 0 Å². The van der Waals surface area contributed by atoms with Crippen molar-refractivity contribution in [1.29, 1.82) is 0 Å². The number of rotatable bonds is 7. The Kier molecular flexibility index (Phi) is 7.35. The van der Waals surface area contributed by atoms with E-state index in [0.717, 1.165) is 0 Å². The summed E-state index contributed by atoms with van der Waals surface area (Å²) in [5, 5.41) is 8.22. The van der Waals surface area contributed by atoms with Gasteiger partial charge in [0.15, 0.2) is 0 Å². The van der Waals surface area contributed by atoms with Gasteiger partial charge in [0.1, 0.15) is 6.61 Å². The third-order valence-corrected chi connectivity index (χ3v) is 1.02. The van der Waals surface area contributed by atoms with Crippen molar-refractivity contribution in [2.45, 2.75) is 6.42 Å². The molecule has 0 fully saturated rings. The van der Waals surface area contributed by atoms with E-state index in [-0.39, 0.29) is 19.6 Å². The van der Waals surface area contributed by atoms with E-state index < -0.39 is 5.97 Å². The number of terminal acetylenes is 1. The molecule has 0 saturated heterocycles. The third-order valence-electron chi connectivity index (χ3n) is 1.02. The van der Waals surface area contributed by atoms with Gasteiger partial charge in [0, 0.05) is 0 Å². The summed E-state index contributed by atoms with van der Waals surface area (Å²) in [5.74, 6) is 1.44. The summed E-state index contributed by atoms with van der Waals surface area (Å²) in [4.78, 5) is 10.00. The Labute approximate surface area is 71.5 Å². The van der Waals surface area contributed by atoms with E-state index in [1.54, 1.807) is 0 Å². The summed E-state index contributed by atoms with van der Waals surface area (Å²) < 4.78 is 9.80. The second-order valence-electron chi connectivity index (χ2n) is 2.01. The van der Waals surface area contributed by atoms with E-state index in [1.807, 2.05) is 0 Å². The fraction of sp³-hybridized carbons (Fsp3) is 0.625. The highest BCUT2D eigenvalue weighted by Crippen LogP contribution is 1.83. The summed E-state index contributed by atoms with van der Waals surface area (Å²) >= 11 is 0. The Morgan fingerprint density at radius 3 is 2.58 bits per heavy atom. The van der Waals surface area contributed by atoms with Crippen molar-refractivity contribution in [3.8, 4) is 12.3 Å². The molecular weight excluding hydrogens is 160 g/mol. The number of carbonyl (C=O) groups is 1. The fourth-order valence-corrected chi connectivity index (χ4v) is 0.510. The van der Waals surface area contributed by atoms with Crippen LogP contribution >= 0.6 is 0 Å². The van der Waals surface area contributed by atoms with E-state index in [1.165, 1.54) is 0 Å². The molecule has 0 aliphatic rings. The van der Waals surface area contributed by atoms with Crippen molar-refractivity contribution >= 4 is 5.97 Å². The molecule has 0 bridgehead atoms. The van der Waals surface area contributed by atoms with Crippen molar-refractivity contribution in [3.63, 3.8) is 0 Å². The smallest absolute Gasteiger partial charge is 0.305 e. The van der Waals surface area contributed by atoms with Gasteiger partial charge in [0.25, 0.3) is 0 Å². The Hall–Kier alpha value is -1.05. The number of aliphatic carboxylic acids is 1. The van der Waals surface area contributed by atoms with Crippen LogP contribution in [0.3, 0.4) is 0 Å². The summed E-state index contributed by atoms with van der Waals surface area (Å²) in [6.07, 6.45) is 4.94. The molecule has 0 aliphatic heterocycles. The Morgan fingerprint density at radius 1 is 1.33 bits per heavy atom. The zero-order valence-corrected chi connectivity index (χ0v) is 6.78. The topological polar surface area (TPSA) is 55.8 Å². The van der Waals surface area contributed by atoms with Crippen LogP contribution in [0.4, 0.5) is 0 Å². The van der Waals surface area contributed by atoms with Gasteiger partial charge in [0.2, 0.25) is 0 Å². The molecule has 68 valence electrons. The van der Waals surface area contributed by atoms with Gasteiger partial charge >= 0.3 is 5.97 Å². The molecule has 0 heterocycles. The van der Waals surface area contributed by atoms with E-state index in [2.05, 4.69) is 5.92 Å². The van der Waals surface area contributed by atoms with E-state index in [0.29, 0.717) is 13.2 Å². The van der Waals surface area contributed by atoms with Gasteiger partial charge in [-0.1, -0.05) is 5.92 Å². The molecule has 0 spiro atoms. The van der Waals surface area contributed by atoms with Crippen molar-refractivity contribution in [1.82, 2.24) is 0 Å². The lowest BCUT2D eigenvalue weighted by Gasteiger charge is -2.01. The van der Waals surface area contributed by atoms with Gasteiger partial charge in [-0.3, -0.25) is 4.79 Å². The van der Waals surface area contributed by atoms with Crippen molar-refractivity contribution < 1.29 is 19.4 Å². The van der Waals surface area contributed by atoms with Crippen LogP contribution in [0.25, 0.3) is 0 Å². The minimum Gasteiger partial charge on any atom is -0.481 e. The average molecular weight is 172 g/mol. The Morgan fingerprint density at radius 2 is 2.00 bits per heavy atom. The third kappa shape index (κ3) is 8.95. The SMILES string of the molecule is C#CCOCCOCCC(=O)O. The zero-order valence-electron chi connectivity index (χ0n) is 6.78. The maximum atomic E-state index is 10.00. The van der Waals surface area contributed by atoms with Crippen LogP contribution in [0.1, 0.15) is 6.42 Å². The maximum absolute atomic E-state index is 10.00. The first-order valence-electron chi connectivity index (χ1n) is 3.58. The predicted molar refractivity (Wildman–Crippen MR) is 42.7 cm³/mol. The fourth-order valence-electron chi connectivity index (χ4n) is 0.510. The van der Waals surface area contributed by atoms with Gasteiger partial charge < -0.3 is 14.6 Å². The van der Waals surface area contributed by atoms with Crippen LogP contribution in [0.2, 0.25) is 0 Å². The Bertz CT molecular complexity index is 159. The molecule has 0 amide bonds. The second kappa shape index (κ2) is 8.05. The molecule has 12 heavy (non-hydrogen) atoms. The summed E-state index contributed by atoms with van der Waals surface area (Å²) in [7, 11) is 0. The predicted octanol–water partition coefficient (Wildman–Crippen LogP) is 0.128. The zero-order chi connectivity index (χ0) is 9.23. The number of hydrogen-bond donors (Lipinski definition) is 1. The highest BCUT2D eigenvalue weighted by atomic mass is 16.5. The lowest BCUT2D eigenvalue weighted by molar-refractivity contribution is -0.138. The van der Waals surface area contributed by atoms with Gasteiger partial charge in [-0.15, -0.1) is 6.42 Å². The van der Waals surface area contributed by atoms with Crippen LogP contribution in [-0.2, 0) is 14.3 Å². The monoisotopic (exact) mass is 172 g/mol. The molecule has 4 heteroatoms. The van der Waals surface area contributed by atoms with Gasteiger partial charge in [-0.25, -0.2) is 0 Å². The number of ether oxygens (including phenoxy) is 2. The maximum Gasteiger partial charge on any atom is 0.305 e. The molecule has 0 unspecified atom stereocenters. The van der Waals surface area contributed by atoms with Crippen LogP contribution in [-0.4, -0.2) is 37.5 Å². The molecule has 0 aromatic rings. The molecule has 0 rings (SSSR count). The number of carboxylic acid groups (broad SMARTS) is 1. The molecule has 4 nitrogen and oxygen atoms in total. The van der Waals surface area contributed by atoms with Crippen LogP contribution in [0.15, 0.2) is 0 Å². The molecule has 0 saturated carbocycles. The first-order valence-corrected chi connectivity index (χ1v) is 3.58. The Balaban J connectivity index is 2.92. The first-order chi connectivity index (χ1) is 5.77. The molecule has 0 aliphatic carbocycles. The van der Waals surface area contributed by atoms with Gasteiger partial charge in [-0.05, 0) is 0 Å². The van der Waals surface area contributed by atoms with E-state index in [4.69, 9.17) is 21.0 Å². The van der Waals surface area contributed by atoms with E-state index in [9.17, 15) is 4.79 Å². The van der Waals surface area contributed by atoms with Crippen molar-refractivity contribution in [2.24, 2.45) is 0 Å². The lowest BCUT2D eigenvalue weighted by atomic mass is 10.5. The molecule has 0 radical (unpaired) electrons. The minimum absolute atomic E-state index is 0.0230. The molecule has 0 atom stereocenters. The molecule has 0 aromatic heterocycles. The highest BCUT2D eigenvalue weighted by Gasteiger charge is 1.95. The average Bonchev–Trinajstić information content (AvgIpc) is 2.02. The summed E-state index contributed by atoms with van der Waals surface area (Å²) in [5.41, 5.74) is 0. The summed E-state index contributed by atoms with van der Waals surface area (Å²) in [6.45, 7) is 1.27. The van der Waals surface area contributed by atoms with Crippen LogP contribution < -0.4 is 0 Å². The molecule has 1 N–H and O–H groups in total. The lowest BCUT2D eigenvalue weighted by Crippen LogP contribution is -2.08. The second-order valence-corrected chi connectivity index (χ2v) is 2.01. The molecule has 0 aromatic carbocycles. The number of hydrogen-bond acceptors (Lipinski definition) is 3. The first kappa shape index (κ1) is 11.0.